The van der Waals surface area contributed by atoms with Crippen LogP contribution in [-0.4, -0.2) is 62.5 Å². The van der Waals surface area contributed by atoms with Crippen molar-refractivity contribution in [2.24, 2.45) is 5.92 Å². The molecule has 0 radical (unpaired) electrons. The lowest BCUT2D eigenvalue weighted by Crippen LogP contribution is -2.49. The number of piperidine rings is 1. The molecule has 3 amide bonds. The summed E-state index contributed by atoms with van der Waals surface area (Å²) < 4.78 is 68.0. The van der Waals surface area contributed by atoms with Gasteiger partial charge in [0.15, 0.2) is 0 Å². The largest absolute Gasteiger partial charge is 0.416 e. The predicted octanol–water partition coefficient (Wildman–Crippen LogP) is 3.65. The molecule has 1 aromatic carbocycles. The molecule has 2 fully saturated rings. The van der Waals surface area contributed by atoms with Gasteiger partial charge in [-0.2, -0.15) is 13.2 Å². The van der Waals surface area contributed by atoms with Gasteiger partial charge < -0.3 is 15.5 Å². The number of carbonyl (C=O) groups excluding carboxylic acids is 2. The molecule has 2 heterocycles. The van der Waals surface area contributed by atoms with Gasteiger partial charge in [-0.1, -0.05) is 11.6 Å². The van der Waals surface area contributed by atoms with Crippen LogP contribution in [0.25, 0.3) is 0 Å². The van der Waals surface area contributed by atoms with Crippen molar-refractivity contribution in [3.8, 4) is 0 Å². The number of anilines is 1. The Bertz CT molecular complexity index is 1280. The molecule has 0 spiro atoms. The van der Waals surface area contributed by atoms with Gasteiger partial charge in [-0.25, -0.2) is 13.2 Å². The number of amides is 3. The van der Waals surface area contributed by atoms with E-state index in [4.69, 9.17) is 11.6 Å². The van der Waals surface area contributed by atoms with Crippen LogP contribution in [0.3, 0.4) is 0 Å². The van der Waals surface area contributed by atoms with Crippen molar-refractivity contribution in [1.29, 1.82) is 0 Å². The molecule has 1 atom stereocenters. The Morgan fingerprint density at radius 1 is 1.18 bits per heavy atom. The maximum Gasteiger partial charge on any atom is 0.416 e. The van der Waals surface area contributed by atoms with Crippen molar-refractivity contribution in [3.63, 3.8) is 0 Å². The van der Waals surface area contributed by atoms with Crippen LogP contribution < -0.4 is 14.9 Å². The summed E-state index contributed by atoms with van der Waals surface area (Å²) in [6.07, 6.45) is 0.918. The van der Waals surface area contributed by atoms with Gasteiger partial charge in [-0.3, -0.25) is 14.1 Å². The summed E-state index contributed by atoms with van der Waals surface area (Å²) in [7, 11) is -4.51. The number of nitrogens with one attached hydrogen (secondary N) is 2. The Hall–Kier alpha value is -3.06. The second-order valence-electron chi connectivity index (χ2n) is 9.34. The van der Waals surface area contributed by atoms with Crippen LogP contribution in [0.5, 0.6) is 0 Å². The lowest BCUT2D eigenvalue weighted by atomic mass is 9.98. The molecule has 1 aromatic heterocycles. The van der Waals surface area contributed by atoms with Crippen LogP contribution in [0.4, 0.5) is 23.7 Å². The Morgan fingerprint density at radius 2 is 1.95 bits per heavy atom. The fourth-order valence-electron chi connectivity index (χ4n) is 4.19. The number of nitrogens with zero attached hydrogens (tertiary/aromatic N) is 3. The van der Waals surface area contributed by atoms with E-state index in [0.29, 0.717) is 29.9 Å². The topological polar surface area (TPSA) is 112 Å². The molecule has 1 saturated heterocycles. The highest BCUT2D eigenvalue weighted by Crippen LogP contribution is 2.37. The highest BCUT2D eigenvalue weighted by atomic mass is 35.5. The second kappa shape index (κ2) is 11.4. The average molecular weight is 574 g/mol. The van der Waals surface area contributed by atoms with E-state index in [1.165, 1.54) is 23.2 Å². The van der Waals surface area contributed by atoms with Crippen LogP contribution in [0.2, 0.25) is 5.02 Å². The van der Waals surface area contributed by atoms with E-state index < -0.39 is 39.9 Å². The van der Waals surface area contributed by atoms with Crippen LogP contribution in [0.15, 0.2) is 47.6 Å². The first kappa shape index (κ1) is 28.0. The standard InChI is InChI=1S/C24H27ClF3N5O4S/c25-20-8-5-17(24(26,27)28)11-21(20)33(38(36,37)19-4-1-9-29-13-19)15-22(34)32-10-2-3-16(14-32)12-30-23(35)31-18-6-7-18/h1,4-5,8-9,11,13,16,18H,2-3,6-7,10,12,14-15H2,(H2,30,31,35). The number of halogens is 4. The zero-order chi connectivity index (χ0) is 27.5. The van der Waals surface area contributed by atoms with Crippen molar-refractivity contribution in [2.45, 2.75) is 42.8 Å². The maximum atomic E-state index is 13.5. The fourth-order valence-corrected chi connectivity index (χ4v) is 5.85. The Labute approximate surface area is 223 Å². The van der Waals surface area contributed by atoms with Crippen molar-refractivity contribution in [3.05, 3.63) is 53.3 Å². The third-order valence-corrected chi connectivity index (χ3v) is 8.44. The third kappa shape index (κ3) is 6.87. The number of urea groups is 1. The van der Waals surface area contributed by atoms with Crippen LogP contribution in [-0.2, 0) is 21.0 Å². The summed E-state index contributed by atoms with van der Waals surface area (Å²) in [5.41, 5.74) is -1.57. The van der Waals surface area contributed by atoms with E-state index >= 15 is 0 Å². The van der Waals surface area contributed by atoms with Gasteiger partial charge in [-0.05, 0) is 61.9 Å². The van der Waals surface area contributed by atoms with E-state index in [1.54, 1.807) is 0 Å². The minimum Gasteiger partial charge on any atom is -0.341 e. The zero-order valence-electron chi connectivity index (χ0n) is 20.2. The lowest BCUT2D eigenvalue weighted by Gasteiger charge is -2.35. The number of sulfonamides is 1. The molecule has 14 heteroatoms. The third-order valence-electron chi connectivity index (χ3n) is 6.38. The SMILES string of the molecule is O=C(NCC1CCCN(C(=O)CN(c2cc(C(F)(F)F)ccc2Cl)S(=O)(=O)c2cccnc2)C1)NC1CC1. The van der Waals surface area contributed by atoms with Gasteiger partial charge >= 0.3 is 12.2 Å². The molecule has 1 aliphatic heterocycles. The molecule has 206 valence electrons. The molecule has 1 unspecified atom stereocenters. The molecular formula is C24H27ClF3N5O4S. The Kier molecular flexibility index (Phi) is 8.36. The summed E-state index contributed by atoms with van der Waals surface area (Å²) in [5, 5.41) is 5.36. The molecule has 2 aliphatic rings. The summed E-state index contributed by atoms with van der Waals surface area (Å²) in [6.45, 7) is 0.181. The molecule has 1 aliphatic carbocycles. The smallest absolute Gasteiger partial charge is 0.341 e. The van der Waals surface area contributed by atoms with Crippen molar-refractivity contribution >= 4 is 39.2 Å². The minimum atomic E-state index is -4.76. The average Bonchev–Trinajstić information content (AvgIpc) is 3.70. The van der Waals surface area contributed by atoms with Crippen LogP contribution >= 0.6 is 11.6 Å². The summed E-state index contributed by atoms with van der Waals surface area (Å²) >= 11 is 6.18. The first-order chi connectivity index (χ1) is 17.9. The number of hydrogen-bond donors (Lipinski definition) is 2. The normalized spacial score (nSPS) is 18.1. The van der Waals surface area contributed by atoms with Gasteiger partial charge in [0.1, 0.15) is 11.4 Å². The first-order valence-electron chi connectivity index (χ1n) is 12.1. The highest BCUT2D eigenvalue weighted by Gasteiger charge is 2.36. The van der Waals surface area contributed by atoms with E-state index in [-0.39, 0.29) is 34.5 Å². The Balaban J connectivity index is 1.55. The second-order valence-corrected chi connectivity index (χ2v) is 11.6. The molecule has 2 aromatic rings. The number of aromatic nitrogens is 1. The van der Waals surface area contributed by atoms with Gasteiger partial charge in [0.05, 0.1) is 16.3 Å². The quantitative estimate of drug-likeness (QED) is 0.501. The number of pyridine rings is 1. The molecule has 0 bridgehead atoms. The molecule has 9 nitrogen and oxygen atoms in total. The monoisotopic (exact) mass is 573 g/mol. The van der Waals surface area contributed by atoms with Crippen molar-refractivity contribution < 1.29 is 31.2 Å². The lowest BCUT2D eigenvalue weighted by molar-refractivity contribution is -0.137. The minimum absolute atomic E-state index is 0.0572. The number of benzene rings is 1. The molecular weight excluding hydrogens is 547 g/mol. The Morgan fingerprint density at radius 3 is 2.61 bits per heavy atom. The molecule has 4 rings (SSSR count). The summed E-state index contributed by atoms with van der Waals surface area (Å²) in [4.78, 5) is 30.2. The van der Waals surface area contributed by atoms with Gasteiger partial charge in [0, 0.05) is 38.1 Å². The van der Waals surface area contributed by atoms with E-state index in [9.17, 15) is 31.2 Å². The fraction of sp³-hybridized carbons (Fsp3) is 0.458. The van der Waals surface area contributed by atoms with Crippen LogP contribution in [0, 0.1) is 5.92 Å². The number of carbonyl (C=O) groups is 2. The van der Waals surface area contributed by atoms with E-state index in [2.05, 4.69) is 15.6 Å². The first-order valence-corrected chi connectivity index (χ1v) is 13.9. The maximum absolute atomic E-state index is 13.5. The van der Waals surface area contributed by atoms with Crippen LogP contribution in [0.1, 0.15) is 31.2 Å². The van der Waals surface area contributed by atoms with Crippen molar-refractivity contribution in [2.75, 3.05) is 30.5 Å². The number of hydrogen-bond acceptors (Lipinski definition) is 5. The zero-order valence-corrected chi connectivity index (χ0v) is 21.8. The van der Waals surface area contributed by atoms with E-state index in [1.807, 2.05) is 0 Å². The predicted molar refractivity (Wildman–Crippen MR) is 134 cm³/mol. The molecule has 2 N–H and O–H groups in total. The summed E-state index contributed by atoms with van der Waals surface area (Å²) in [6, 6.07) is 4.83. The van der Waals surface area contributed by atoms with Gasteiger partial charge in [0.25, 0.3) is 10.0 Å². The van der Waals surface area contributed by atoms with Gasteiger partial charge in [0.2, 0.25) is 5.91 Å². The number of alkyl halides is 3. The molecule has 1 saturated carbocycles. The summed E-state index contributed by atoms with van der Waals surface area (Å²) in [5.74, 6) is -0.656. The number of rotatable bonds is 8. The molecule has 38 heavy (non-hydrogen) atoms. The van der Waals surface area contributed by atoms with Crippen molar-refractivity contribution in [1.82, 2.24) is 20.5 Å². The highest BCUT2D eigenvalue weighted by molar-refractivity contribution is 7.92. The number of likely N-dealkylation sites (tertiary alicyclic amines) is 1. The van der Waals surface area contributed by atoms with E-state index in [0.717, 1.165) is 37.6 Å². The van der Waals surface area contributed by atoms with Gasteiger partial charge in [-0.15, -0.1) is 0 Å².